The van der Waals surface area contributed by atoms with Gasteiger partial charge in [0.05, 0.1) is 0 Å². The first-order valence-corrected chi connectivity index (χ1v) is 8.68. The average molecular weight is 285 g/mol. The molecule has 4 heterocycles. The maximum Gasteiger partial charge on any atom is 0.0417 e. The molecule has 0 spiro atoms. The molecular formula is C18H27N3. The Kier molecular flexibility index (Phi) is 3.87. The number of nitrogens with zero attached hydrogens (tertiary/aromatic N) is 2. The van der Waals surface area contributed by atoms with Crippen molar-refractivity contribution in [2.45, 2.75) is 38.3 Å². The van der Waals surface area contributed by atoms with Crippen molar-refractivity contribution in [1.29, 1.82) is 0 Å². The zero-order valence-corrected chi connectivity index (χ0v) is 12.9. The van der Waals surface area contributed by atoms with Crippen molar-refractivity contribution in [1.82, 2.24) is 9.80 Å². The molecule has 4 aliphatic rings. The van der Waals surface area contributed by atoms with Crippen molar-refractivity contribution >= 4 is 5.69 Å². The molecule has 1 N–H and O–H groups in total. The highest BCUT2D eigenvalue weighted by Crippen LogP contribution is 2.31. The van der Waals surface area contributed by atoms with E-state index in [0.29, 0.717) is 6.04 Å². The second kappa shape index (κ2) is 5.98. The third-order valence-corrected chi connectivity index (χ3v) is 5.61. The second-order valence-corrected chi connectivity index (χ2v) is 7.03. The Labute approximate surface area is 128 Å². The quantitative estimate of drug-likeness (QED) is 0.918. The van der Waals surface area contributed by atoms with Crippen LogP contribution >= 0.6 is 0 Å². The van der Waals surface area contributed by atoms with Gasteiger partial charge in [0.25, 0.3) is 0 Å². The summed E-state index contributed by atoms with van der Waals surface area (Å²) in [5.74, 6) is 0.884. The lowest BCUT2D eigenvalue weighted by Crippen LogP contribution is -2.53. The minimum absolute atomic E-state index is 0.659. The molecule has 4 fully saturated rings. The molecule has 1 aromatic rings. The molecule has 114 valence electrons. The summed E-state index contributed by atoms with van der Waals surface area (Å²) >= 11 is 0. The third kappa shape index (κ3) is 2.95. The first kappa shape index (κ1) is 13.6. The monoisotopic (exact) mass is 285 g/mol. The van der Waals surface area contributed by atoms with Gasteiger partial charge in [-0.2, -0.15) is 0 Å². The molecule has 4 saturated heterocycles. The summed E-state index contributed by atoms with van der Waals surface area (Å²) in [5, 5.41) is 3.89. The van der Waals surface area contributed by atoms with Gasteiger partial charge in [0, 0.05) is 24.8 Å². The summed E-state index contributed by atoms with van der Waals surface area (Å²) in [6.07, 6.45) is 5.50. The van der Waals surface area contributed by atoms with Crippen LogP contribution in [-0.2, 0) is 6.54 Å². The summed E-state index contributed by atoms with van der Waals surface area (Å²) < 4.78 is 0. The number of hydrogen-bond acceptors (Lipinski definition) is 3. The van der Waals surface area contributed by atoms with Crippen LogP contribution in [0, 0.1) is 5.92 Å². The number of rotatable bonds is 4. The lowest BCUT2D eigenvalue weighted by atomic mass is 9.84. The molecule has 5 rings (SSSR count). The minimum atomic E-state index is 0.659. The van der Waals surface area contributed by atoms with Gasteiger partial charge in [-0.25, -0.2) is 0 Å². The standard InChI is InChI=1S/C18H27N3/c1-2-6-17(16(5-1)13-20-9-3-4-10-20)19-18-14-21-11-7-15(18)8-12-21/h1-2,5-6,15,18-19H,3-4,7-14H2. The van der Waals surface area contributed by atoms with E-state index < -0.39 is 0 Å². The van der Waals surface area contributed by atoms with Crippen molar-refractivity contribution in [3.8, 4) is 0 Å². The number of hydrogen-bond donors (Lipinski definition) is 1. The normalized spacial score (nSPS) is 32.5. The fraction of sp³-hybridized carbons (Fsp3) is 0.667. The van der Waals surface area contributed by atoms with Crippen LogP contribution in [0.25, 0.3) is 0 Å². The zero-order chi connectivity index (χ0) is 14.1. The van der Waals surface area contributed by atoms with Crippen molar-refractivity contribution in [3.05, 3.63) is 29.8 Å². The SMILES string of the molecule is c1ccc(NC2CN3CCC2CC3)c(CN2CCCC2)c1. The molecule has 21 heavy (non-hydrogen) atoms. The molecule has 0 amide bonds. The minimum Gasteiger partial charge on any atom is -0.380 e. The molecule has 0 saturated carbocycles. The molecular weight excluding hydrogens is 258 g/mol. The molecule has 2 bridgehead atoms. The molecule has 0 aromatic heterocycles. The van der Waals surface area contributed by atoms with E-state index in [2.05, 4.69) is 39.4 Å². The largest absolute Gasteiger partial charge is 0.380 e. The van der Waals surface area contributed by atoms with E-state index in [-0.39, 0.29) is 0 Å². The van der Waals surface area contributed by atoms with Crippen molar-refractivity contribution in [3.63, 3.8) is 0 Å². The molecule has 3 nitrogen and oxygen atoms in total. The van der Waals surface area contributed by atoms with Crippen LogP contribution in [-0.4, -0.2) is 48.6 Å². The second-order valence-electron chi connectivity index (χ2n) is 7.03. The van der Waals surface area contributed by atoms with Crippen molar-refractivity contribution < 1.29 is 0 Å². The lowest BCUT2D eigenvalue weighted by Gasteiger charge is -2.45. The van der Waals surface area contributed by atoms with Crippen LogP contribution in [0.15, 0.2) is 24.3 Å². The molecule has 1 unspecified atom stereocenters. The molecule has 3 heteroatoms. The molecule has 1 aromatic carbocycles. The van der Waals surface area contributed by atoms with Gasteiger partial charge in [-0.3, -0.25) is 4.90 Å². The van der Waals surface area contributed by atoms with Crippen LogP contribution < -0.4 is 5.32 Å². The number of nitrogens with one attached hydrogen (secondary N) is 1. The summed E-state index contributed by atoms with van der Waals surface area (Å²) in [7, 11) is 0. The zero-order valence-electron chi connectivity index (χ0n) is 12.9. The average Bonchev–Trinajstić information content (AvgIpc) is 3.04. The maximum atomic E-state index is 3.89. The highest BCUT2D eigenvalue weighted by Gasteiger charge is 2.34. The van der Waals surface area contributed by atoms with Gasteiger partial charge in [-0.1, -0.05) is 18.2 Å². The van der Waals surface area contributed by atoms with E-state index in [1.807, 2.05) is 0 Å². The van der Waals surface area contributed by atoms with Crippen molar-refractivity contribution in [2.24, 2.45) is 5.92 Å². The Morgan fingerprint density at radius 3 is 2.48 bits per heavy atom. The number of para-hydroxylation sites is 1. The Morgan fingerprint density at radius 1 is 1.00 bits per heavy atom. The summed E-state index contributed by atoms with van der Waals surface area (Å²) in [6, 6.07) is 9.61. The Morgan fingerprint density at radius 2 is 1.76 bits per heavy atom. The van der Waals surface area contributed by atoms with E-state index in [0.717, 1.165) is 12.5 Å². The van der Waals surface area contributed by atoms with Gasteiger partial charge in [-0.15, -0.1) is 0 Å². The molecule has 4 aliphatic heterocycles. The van der Waals surface area contributed by atoms with Gasteiger partial charge >= 0.3 is 0 Å². The smallest absolute Gasteiger partial charge is 0.0417 e. The van der Waals surface area contributed by atoms with E-state index >= 15 is 0 Å². The van der Waals surface area contributed by atoms with Gasteiger partial charge in [0.15, 0.2) is 0 Å². The fourth-order valence-electron chi connectivity index (χ4n) is 4.31. The lowest BCUT2D eigenvalue weighted by molar-refractivity contribution is 0.0975. The predicted molar refractivity (Wildman–Crippen MR) is 87.5 cm³/mol. The number of benzene rings is 1. The van der Waals surface area contributed by atoms with Crippen LogP contribution in [0.3, 0.4) is 0 Å². The number of likely N-dealkylation sites (tertiary alicyclic amines) is 1. The summed E-state index contributed by atoms with van der Waals surface area (Å²) in [4.78, 5) is 5.22. The highest BCUT2D eigenvalue weighted by molar-refractivity contribution is 5.52. The van der Waals surface area contributed by atoms with Crippen molar-refractivity contribution in [2.75, 3.05) is 38.0 Å². The summed E-state index contributed by atoms with van der Waals surface area (Å²) in [6.45, 7) is 7.53. The summed E-state index contributed by atoms with van der Waals surface area (Å²) in [5.41, 5.74) is 2.86. The Hall–Kier alpha value is -1.06. The number of anilines is 1. The first-order valence-electron chi connectivity index (χ1n) is 8.68. The number of piperidine rings is 3. The predicted octanol–water partition coefficient (Wildman–Crippen LogP) is 2.79. The Bertz CT molecular complexity index is 473. The molecule has 1 atom stereocenters. The van der Waals surface area contributed by atoms with Crippen LogP contribution in [0.1, 0.15) is 31.2 Å². The maximum absolute atomic E-state index is 3.89. The van der Waals surface area contributed by atoms with Gasteiger partial charge in [-0.05, 0) is 69.4 Å². The van der Waals surface area contributed by atoms with Gasteiger partial charge in [0.1, 0.15) is 0 Å². The van der Waals surface area contributed by atoms with Crippen LogP contribution in [0.5, 0.6) is 0 Å². The van der Waals surface area contributed by atoms with Crippen LogP contribution in [0.4, 0.5) is 5.69 Å². The van der Waals surface area contributed by atoms with Gasteiger partial charge in [0.2, 0.25) is 0 Å². The third-order valence-electron chi connectivity index (χ3n) is 5.61. The van der Waals surface area contributed by atoms with E-state index in [1.54, 1.807) is 0 Å². The topological polar surface area (TPSA) is 18.5 Å². The highest BCUT2D eigenvalue weighted by atomic mass is 15.2. The fourth-order valence-corrected chi connectivity index (χ4v) is 4.31. The Balaban J connectivity index is 1.46. The first-order chi connectivity index (χ1) is 10.4. The van der Waals surface area contributed by atoms with Gasteiger partial charge < -0.3 is 10.2 Å². The molecule has 0 aliphatic carbocycles. The van der Waals surface area contributed by atoms with Crippen LogP contribution in [0.2, 0.25) is 0 Å². The van der Waals surface area contributed by atoms with E-state index in [4.69, 9.17) is 0 Å². The van der Waals surface area contributed by atoms with E-state index in [9.17, 15) is 0 Å². The van der Waals surface area contributed by atoms with E-state index in [1.165, 1.54) is 69.7 Å². The molecule has 0 radical (unpaired) electrons. The number of fused-ring (bicyclic) bond motifs is 3.